The first-order valence-corrected chi connectivity index (χ1v) is 14.9. The molecule has 2 aliphatic rings. The van der Waals surface area contributed by atoms with Gasteiger partial charge in [0, 0.05) is 27.9 Å². The zero-order valence-electron chi connectivity index (χ0n) is 25.8. The second kappa shape index (κ2) is 13.1. The van der Waals surface area contributed by atoms with Gasteiger partial charge in [-0.2, -0.15) is 18.3 Å². The first kappa shape index (κ1) is 33.2. The van der Waals surface area contributed by atoms with E-state index in [0.717, 1.165) is 60.7 Å². The Morgan fingerprint density at radius 2 is 1.89 bits per heavy atom. The summed E-state index contributed by atoms with van der Waals surface area (Å²) in [5.41, 5.74) is 11.1. The van der Waals surface area contributed by atoms with Crippen LogP contribution >= 0.6 is 11.6 Å². The SMILES string of the molecule is CC1=C(Cl)C=C(C(F)(F)F)C(C)C1C(=O)Nc1ccc(C)c(/C(C)=C/c2nn(C3CCN(C)CC3)c(C)c2C(N)=NC=N)c1. The van der Waals surface area contributed by atoms with Crippen LogP contribution in [0.25, 0.3) is 11.6 Å². The van der Waals surface area contributed by atoms with Gasteiger partial charge in [-0.1, -0.05) is 24.6 Å². The van der Waals surface area contributed by atoms with Gasteiger partial charge in [0.1, 0.15) is 12.2 Å². The first-order chi connectivity index (χ1) is 20.6. The van der Waals surface area contributed by atoms with Crippen LogP contribution in [0.4, 0.5) is 18.9 Å². The topological polar surface area (TPSA) is 112 Å². The lowest BCUT2D eigenvalue weighted by atomic mass is 9.78. The Morgan fingerprint density at radius 3 is 2.50 bits per heavy atom. The Morgan fingerprint density at radius 1 is 1.23 bits per heavy atom. The van der Waals surface area contributed by atoms with Gasteiger partial charge in [-0.15, -0.1) is 0 Å². The third-order valence-electron chi connectivity index (χ3n) is 8.68. The van der Waals surface area contributed by atoms with Crippen LogP contribution in [0.5, 0.6) is 0 Å². The number of piperidine rings is 1. The number of nitrogens with zero attached hydrogens (tertiary/aromatic N) is 4. The molecule has 0 radical (unpaired) electrons. The largest absolute Gasteiger partial charge is 0.413 e. The quantitative estimate of drug-likeness (QED) is 0.230. The fourth-order valence-corrected chi connectivity index (χ4v) is 6.40. The van der Waals surface area contributed by atoms with Crippen LogP contribution in [0.3, 0.4) is 0 Å². The zero-order chi connectivity index (χ0) is 32.5. The van der Waals surface area contributed by atoms with Crippen molar-refractivity contribution in [1.82, 2.24) is 14.7 Å². The summed E-state index contributed by atoms with van der Waals surface area (Å²) < 4.78 is 43.0. The van der Waals surface area contributed by atoms with Gasteiger partial charge in [-0.05, 0) is 107 Å². The average molecular weight is 630 g/mol. The molecule has 0 spiro atoms. The van der Waals surface area contributed by atoms with Crippen LogP contribution in [0.15, 0.2) is 45.4 Å². The number of likely N-dealkylation sites (tertiary alicyclic amines) is 1. The molecule has 1 amide bonds. The summed E-state index contributed by atoms with van der Waals surface area (Å²) in [6, 6.07) is 5.57. The number of alkyl halides is 3. The molecule has 8 nitrogen and oxygen atoms in total. The number of carbonyl (C=O) groups is 1. The van der Waals surface area contributed by atoms with Gasteiger partial charge in [0.25, 0.3) is 0 Å². The smallest absolute Gasteiger partial charge is 0.383 e. The van der Waals surface area contributed by atoms with Crippen LogP contribution in [0.2, 0.25) is 0 Å². The molecule has 1 aromatic heterocycles. The molecule has 2 heterocycles. The average Bonchev–Trinajstić information content (AvgIpc) is 3.27. The molecule has 4 N–H and O–H groups in total. The van der Waals surface area contributed by atoms with Crippen molar-refractivity contribution in [2.75, 3.05) is 25.5 Å². The number of benzene rings is 1. The van der Waals surface area contributed by atoms with Crippen LogP contribution in [-0.2, 0) is 4.79 Å². The van der Waals surface area contributed by atoms with E-state index in [1.165, 1.54) is 6.92 Å². The highest BCUT2D eigenvalue weighted by molar-refractivity contribution is 6.32. The highest BCUT2D eigenvalue weighted by Crippen LogP contribution is 2.43. The van der Waals surface area contributed by atoms with Gasteiger partial charge in [0.15, 0.2) is 0 Å². The Balaban J connectivity index is 1.67. The van der Waals surface area contributed by atoms with Crippen molar-refractivity contribution in [3.63, 3.8) is 0 Å². The molecule has 2 atom stereocenters. The van der Waals surface area contributed by atoms with E-state index in [9.17, 15) is 18.0 Å². The Labute approximate surface area is 261 Å². The molecule has 0 bridgehead atoms. The molecule has 1 saturated heterocycles. The maximum Gasteiger partial charge on any atom is 0.413 e. The highest BCUT2D eigenvalue weighted by atomic mass is 35.5. The molecular formula is C32H39ClF3N7O. The number of rotatable bonds is 7. The number of aromatic nitrogens is 2. The lowest BCUT2D eigenvalue weighted by Gasteiger charge is -2.31. The fraction of sp³-hybridized carbons (Fsp3) is 0.438. The predicted octanol–water partition coefficient (Wildman–Crippen LogP) is 6.85. The molecule has 236 valence electrons. The van der Waals surface area contributed by atoms with Crippen LogP contribution in [-0.4, -0.2) is 59.1 Å². The van der Waals surface area contributed by atoms with Gasteiger partial charge in [0.2, 0.25) is 5.91 Å². The van der Waals surface area contributed by atoms with E-state index < -0.39 is 29.5 Å². The van der Waals surface area contributed by atoms with Crippen LogP contribution in [0.1, 0.15) is 67.7 Å². The molecule has 0 saturated carbocycles. The number of amidine groups is 1. The number of hydrogen-bond donors (Lipinski definition) is 3. The van der Waals surface area contributed by atoms with Crippen LogP contribution in [0, 0.1) is 31.1 Å². The summed E-state index contributed by atoms with van der Waals surface area (Å²) in [6.45, 7) is 10.7. The summed E-state index contributed by atoms with van der Waals surface area (Å²) >= 11 is 6.14. The molecule has 4 rings (SSSR count). The number of aliphatic imine (C=N–C) groups is 1. The van der Waals surface area contributed by atoms with E-state index in [4.69, 9.17) is 27.8 Å². The monoisotopic (exact) mass is 629 g/mol. The third-order valence-corrected chi connectivity index (χ3v) is 9.09. The van der Waals surface area contributed by atoms with Gasteiger partial charge >= 0.3 is 6.18 Å². The molecular weight excluding hydrogens is 591 g/mol. The van der Waals surface area contributed by atoms with E-state index in [1.807, 2.05) is 37.6 Å². The molecule has 44 heavy (non-hydrogen) atoms. The minimum absolute atomic E-state index is 0.0736. The minimum atomic E-state index is -4.60. The van der Waals surface area contributed by atoms with E-state index in [-0.39, 0.29) is 16.9 Å². The highest BCUT2D eigenvalue weighted by Gasteiger charge is 2.44. The maximum absolute atomic E-state index is 13.7. The van der Waals surface area contributed by atoms with Gasteiger partial charge < -0.3 is 16.0 Å². The second-order valence-electron chi connectivity index (χ2n) is 11.7. The lowest BCUT2D eigenvalue weighted by molar-refractivity contribution is -0.122. The maximum atomic E-state index is 13.7. The number of hydrogen-bond acceptors (Lipinski definition) is 4. The number of carbonyl (C=O) groups excluding carboxylic acids is 1. The molecule has 2 aromatic rings. The van der Waals surface area contributed by atoms with Gasteiger partial charge in [-0.25, -0.2) is 4.99 Å². The Bertz CT molecular complexity index is 1580. The van der Waals surface area contributed by atoms with Gasteiger partial charge in [-0.3, -0.25) is 14.9 Å². The third kappa shape index (κ3) is 6.83. The van der Waals surface area contributed by atoms with Crippen molar-refractivity contribution < 1.29 is 18.0 Å². The fourth-order valence-electron chi connectivity index (χ4n) is 6.16. The number of allylic oxidation sites excluding steroid dienone is 4. The first-order valence-electron chi connectivity index (χ1n) is 14.5. The summed E-state index contributed by atoms with van der Waals surface area (Å²) in [7, 11) is 2.10. The summed E-state index contributed by atoms with van der Waals surface area (Å²) in [5, 5.41) is 15.1. The normalized spacial score (nSPS) is 21.0. The van der Waals surface area contributed by atoms with Crippen LogP contribution < -0.4 is 11.1 Å². The van der Waals surface area contributed by atoms with E-state index in [0.29, 0.717) is 22.5 Å². The van der Waals surface area contributed by atoms with Crippen molar-refractivity contribution in [2.24, 2.45) is 22.6 Å². The van der Waals surface area contributed by atoms with Crippen molar-refractivity contribution >= 4 is 47.0 Å². The number of nitrogens with two attached hydrogens (primary N) is 1. The molecule has 1 aromatic carbocycles. The standard InChI is InChI=1S/C32H39ClF3N7O/c1-17-7-8-22(40-31(44)28-19(3)25(32(34,35)36)15-26(33)20(28)4)14-24(17)18(2)13-27-29(30(38)39-16-37)21(5)43(41-27)23-9-11-42(6)12-10-23/h7-8,13-16,19,23,28H,9-12H2,1-6H3,(H,40,44)(H3,37,38,39)/b18-13+. The van der Waals surface area contributed by atoms with Gasteiger partial charge in [0.05, 0.1) is 23.2 Å². The molecule has 1 fully saturated rings. The van der Waals surface area contributed by atoms with Crippen molar-refractivity contribution in [2.45, 2.75) is 59.7 Å². The molecule has 1 aliphatic heterocycles. The molecule has 2 unspecified atom stereocenters. The minimum Gasteiger partial charge on any atom is -0.383 e. The number of nitrogens with one attached hydrogen (secondary N) is 2. The van der Waals surface area contributed by atoms with E-state index in [1.54, 1.807) is 19.1 Å². The van der Waals surface area contributed by atoms with Crippen molar-refractivity contribution in [1.29, 1.82) is 5.41 Å². The summed E-state index contributed by atoms with van der Waals surface area (Å²) in [5.74, 6) is -2.54. The lowest BCUT2D eigenvalue weighted by Crippen LogP contribution is -2.35. The Hall–Kier alpha value is -3.70. The molecule has 1 aliphatic carbocycles. The van der Waals surface area contributed by atoms with E-state index in [2.05, 4.69) is 22.3 Å². The molecule has 12 heteroatoms. The van der Waals surface area contributed by atoms with E-state index >= 15 is 0 Å². The predicted molar refractivity (Wildman–Crippen MR) is 171 cm³/mol. The zero-order valence-corrected chi connectivity index (χ0v) is 26.6. The number of halogens is 4. The number of aryl methyl sites for hydroxylation is 1. The van der Waals surface area contributed by atoms with Crippen molar-refractivity contribution in [3.8, 4) is 0 Å². The van der Waals surface area contributed by atoms with Crippen molar-refractivity contribution in [3.05, 3.63) is 68.5 Å². The summed E-state index contributed by atoms with van der Waals surface area (Å²) in [6.07, 6.45) is 1.02. The number of amides is 1. The Kier molecular flexibility index (Phi) is 9.90. The second-order valence-corrected chi connectivity index (χ2v) is 12.1. The number of anilines is 1. The summed E-state index contributed by atoms with van der Waals surface area (Å²) in [4.78, 5) is 19.7.